The third-order valence-corrected chi connectivity index (χ3v) is 3.73. The Kier molecular flexibility index (Phi) is 3.91. The van der Waals surface area contributed by atoms with Gasteiger partial charge in [-0.1, -0.05) is 30.4 Å². The van der Waals surface area contributed by atoms with E-state index in [9.17, 15) is 0 Å². The molecule has 0 amide bonds. The number of aromatic nitrogens is 2. The van der Waals surface area contributed by atoms with Crippen LogP contribution in [-0.2, 0) is 6.61 Å². The van der Waals surface area contributed by atoms with Gasteiger partial charge in [-0.3, -0.25) is 0 Å². The first-order chi connectivity index (χ1) is 8.16. The predicted octanol–water partition coefficient (Wildman–Crippen LogP) is 3.79. The fourth-order valence-corrected chi connectivity index (χ4v) is 1.82. The van der Waals surface area contributed by atoms with Crippen LogP contribution in [0.4, 0.5) is 0 Å². The number of aromatic amines is 1. The second kappa shape index (κ2) is 5.42. The summed E-state index contributed by atoms with van der Waals surface area (Å²) in [6.45, 7) is 2.31. The lowest BCUT2D eigenvalue weighted by Gasteiger charge is -2.07. The van der Waals surface area contributed by atoms with E-state index in [0.29, 0.717) is 11.2 Å². The molecular weight excluding hydrogens is 300 g/mol. The van der Waals surface area contributed by atoms with Crippen molar-refractivity contribution in [2.24, 2.45) is 0 Å². The van der Waals surface area contributed by atoms with Crippen LogP contribution in [0.15, 0.2) is 34.8 Å². The summed E-state index contributed by atoms with van der Waals surface area (Å²) in [5.74, 6) is 1.54. The van der Waals surface area contributed by atoms with Crippen LogP contribution < -0.4 is 4.74 Å². The summed E-state index contributed by atoms with van der Waals surface area (Å²) >= 11 is 8.50. The second-order valence-corrected chi connectivity index (χ2v) is 4.71. The van der Waals surface area contributed by atoms with Crippen molar-refractivity contribution in [3.8, 4) is 5.75 Å². The highest BCUT2D eigenvalue weighted by molar-refractivity contribution is 9.10. The molecule has 0 unspecified atom stereocenters. The molecule has 1 heterocycles. The summed E-state index contributed by atoms with van der Waals surface area (Å²) < 4.78 is 6.97. The lowest BCUT2D eigenvalue weighted by atomic mass is 10.3. The molecule has 0 aliphatic heterocycles. The molecule has 0 radical (unpaired) electrons. The van der Waals surface area contributed by atoms with Crippen molar-refractivity contribution in [1.82, 2.24) is 9.97 Å². The van der Waals surface area contributed by atoms with E-state index in [1.165, 1.54) is 0 Å². The van der Waals surface area contributed by atoms with Gasteiger partial charge in [0.1, 0.15) is 22.8 Å². The highest BCUT2D eigenvalue weighted by Gasteiger charge is 2.03. The third kappa shape index (κ3) is 3.14. The Morgan fingerprint density at radius 1 is 1.35 bits per heavy atom. The van der Waals surface area contributed by atoms with Crippen molar-refractivity contribution in [1.29, 1.82) is 0 Å². The molecule has 0 spiro atoms. The molecule has 0 saturated carbocycles. The van der Waals surface area contributed by atoms with E-state index < -0.39 is 0 Å². The Morgan fingerprint density at radius 2 is 2.06 bits per heavy atom. The molecule has 88 valence electrons. The number of hydrogen-bond donors (Lipinski definition) is 1. The zero-order valence-electron chi connectivity index (χ0n) is 9.24. The summed E-state index contributed by atoms with van der Waals surface area (Å²) in [5, 5.41) is 0. The maximum absolute atomic E-state index is 5.59. The Bertz CT molecular complexity index is 568. The second-order valence-electron chi connectivity index (χ2n) is 3.53. The number of nitrogens with one attached hydrogen (secondary N) is 1. The van der Waals surface area contributed by atoms with Gasteiger partial charge in [-0.25, -0.2) is 4.98 Å². The molecule has 17 heavy (non-hydrogen) atoms. The number of nitrogens with zero attached hydrogens (tertiary/aromatic N) is 1. The fourth-order valence-electron chi connectivity index (χ4n) is 1.37. The van der Waals surface area contributed by atoms with Crippen LogP contribution in [0.1, 0.15) is 11.5 Å². The number of ether oxygens (including phenoxy) is 1. The minimum absolute atomic E-state index is 0.377. The number of benzene rings is 1. The van der Waals surface area contributed by atoms with Gasteiger partial charge in [0.05, 0.1) is 4.47 Å². The van der Waals surface area contributed by atoms with Crippen molar-refractivity contribution in [3.05, 3.63) is 51.0 Å². The number of aryl methyl sites for hydroxylation is 1. The zero-order chi connectivity index (χ0) is 12.3. The summed E-state index contributed by atoms with van der Waals surface area (Å²) in [6.07, 6.45) is 0. The highest BCUT2D eigenvalue weighted by Crippen LogP contribution is 2.15. The van der Waals surface area contributed by atoms with Gasteiger partial charge in [-0.05, 0) is 35.0 Å². The zero-order valence-corrected chi connectivity index (χ0v) is 11.6. The van der Waals surface area contributed by atoms with E-state index in [1.807, 2.05) is 37.3 Å². The van der Waals surface area contributed by atoms with Gasteiger partial charge in [0, 0.05) is 5.69 Å². The van der Waals surface area contributed by atoms with Crippen LogP contribution in [-0.4, -0.2) is 9.97 Å². The van der Waals surface area contributed by atoms with E-state index >= 15 is 0 Å². The lowest BCUT2D eigenvalue weighted by Crippen LogP contribution is -2.03. The van der Waals surface area contributed by atoms with Crippen molar-refractivity contribution in [2.45, 2.75) is 13.5 Å². The molecule has 0 saturated heterocycles. The van der Waals surface area contributed by atoms with E-state index in [4.69, 9.17) is 17.0 Å². The van der Waals surface area contributed by atoms with Gasteiger partial charge >= 0.3 is 0 Å². The molecule has 2 aromatic rings. The van der Waals surface area contributed by atoms with Gasteiger partial charge in [-0.2, -0.15) is 0 Å². The molecule has 0 bridgehead atoms. The van der Waals surface area contributed by atoms with Crippen LogP contribution >= 0.6 is 28.1 Å². The van der Waals surface area contributed by atoms with Gasteiger partial charge in [0.2, 0.25) is 0 Å². The number of hydrogen-bond acceptors (Lipinski definition) is 3. The van der Waals surface area contributed by atoms with E-state index in [-0.39, 0.29) is 0 Å². The molecular formula is C12H11BrN2OS. The van der Waals surface area contributed by atoms with Crippen LogP contribution in [0.2, 0.25) is 0 Å². The molecule has 1 aromatic heterocycles. The highest BCUT2D eigenvalue weighted by atomic mass is 79.9. The van der Waals surface area contributed by atoms with Gasteiger partial charge in [0.15, 0.2) is 0 Å². The average Bonchev–Trinajstić information content (AvgIpc) is 2.34. The number of H-pyrrole nitrogens is 1. The SMILES string of the molecule is Cc1[nH]c(COc2ccccc2)nc(=S)c1Br. The average molecular weight is 311 g/mol. The topological polar surface area (TPSA) is 37.9 Å². The molecule has 5 heteroatoms. The van der Waals surface area contributed by atoms with Crippen molar-refractivity contribution < 1.29 is 4.74 Å². The first kappa shape index (κ1) is 12.3. The number of para-hydroxylation sites is 1. The predicted molar refractivity (Wildman–Crippen MR) is 72.6 cm³/mol. The largest absolute Gasteiger partial charge is 0.486 e. The quantitative estimate of drug-likeness (QED) is 0.877. The number of halogens is 1. The van der Waals surface area contributed by atoms with Gasteiger partial charge in [-0.15, -0.1) is 0 Å². The summed E-state index contributed by atoms with van der Waals surface area (Å²) in [5.41, 5.74) is 0.955. The molecule has 1 aromatic carbocycles. The smallest absolute Gasteiger partial charge is 0.146 e. The molecule has 0 atom stereocenters. The maximum Gasteiger partial charge on any atom is 0.146 e. The van der Waals surface area contributed by atoms with Crippen molar-refractivity contribution >= 4 is 28.1 Å². The Morgan fingerprint density at radius 3 is 2.71 bits per heavy atom. The Hall–Kier alpha value is -1.20. The van der Waals surface area contributed by atoms with Crippen molar-refractivity contribution in [2.75, 3.05) is 0 Å². The van der Waals surface area contributed by atoms with Crippen LogP contribution in [0.25, 0.3) is 0 Å². The first-order valence-corrected chi connectivity index (χ1v) is 6.30. The van der Waals surface area contributed by atoms with Gasteiger partial charge in [0.25, 0.3) is 0 Å². The third-order valence-electron chi connectivity index (χ3n) is 2.20. The van der Waals surface area contributed by atoms with E-state index in [0.717, 1.165) is 21.7 Å². The minimum Gasteiger partial charge on any atom is -0.486 e. The van der Waals surface area contributed by atoms with Crippen LogP contribution in [0.5, 0.6) is 5.75 Å². The standard InChI is InChI=1S/C12H11BrN2OS/c1-8-11(13)12(17)15-10(14-8)7-16-9-5-3-2-4-6-9/h2-6H,7H2,1H3,(H,14,15,17). The fraction of sp³-hybridized carbons (Fsp3) is 0.167. The van der Waals surface area contributed by atoms with Crippen LogP contribution in [0, 0.1) is 11.6 Å². The van der Waals surface area contributed by atoms with E-state index in [2.05, 4.69) is 25.9 Å². The summed E-state index contributed by atoms with van der Waals surface area (Å²) in [6, 6.07) is 9.61. The minimum atomic E-state index is 0.377. The molecule has 2 rings (SSSR count). The number of rotatable bonds is 3. The molecule has 0 aliphatic carbocycles. The normalized spacial score (nSPS) is 10.2. The molecule has 3 nitrogen and oxygen atoms in total. The molecule has 0 fully saturated rings. The first-order valence-electron chi connectivity index (χ1n) is 5.10. The van der Waals surface area contributed by atoms with Crippen LogP contribution in [0.3, 0.4) is 0 Å². The lowest BCUT2D eigenvalue weighted by molar-refractivity contribution is 0.295. The summed E-state index contributed by atoms with van der Waals surface area (Å²) in [7, 11) is 0. The van der Waals surface area contributed by atoms with Crippen molar-refractivity contribution in [3.63, 3.8) is 0 Å². The monoisotopic (exact) mass is 310 g/mol. The maximum atomic E-state index is 5.59. The Balaban J connectivity index is 2.13. The van der Waals surface area contributed by atoms with Gasteiger partial charge < -0.3 is 9.72 Å². The summed E-state index contributed by atoms with van der Waals surface area (Å²) in [4.78, 5) is 7.37. The molecule has 1 N–H and O–H groups in total. The van der Waals surface area contributed by atoms with E-state index in [1.54, 1.807) is 0 Å². The molecule has 0 aliphatic rings. The Labute approximate surface area is 113 Å².